The highest BCUT2D eigenvalue weighted by Crippen LogP contribution is 2.07. The van der Waals surface area contributed by atoms with Crippen molar-refractivity contribution < 1.29 is 9.59 Å². The fourth-order valence-electron chi connectivity index (χ4n) is 1.80. The van der Waals surface area contributed by atoms with Gasteiger partial charge in [0.25, 0.3) is 0 Å². The first-order valence-electron chi connectivity index (χ1n) is 7.30. The SMILES string of the molecule is CCCCCCC(N)CCC.O=C1C=CC=CC1=O. The fraction of sp³-hybridized carbons (Fsp3) is 0.625. The van der Waals surface area contributed by atoms with Gasteiger partial charge in [-0.2, -0.15) is 0 Å². The summed E-state index contributed by atoms with van der Waals surface area (Å²) in [5.74, 6) is -0.875. The Kier molecular flexibility index (Phi) is 11.1. The van der Waals surface area contributed by atoms with E-state index in [4.69, 9.17) is 5.73 Å². The molecule has 0 aromatic heterocycles. The topological polar surface area (TPSA) is 60.2 Å². The molecule has 0 heterocycles. The predicted octanol–water partition coefficient (Wildman–Crippen LogP) is 3.33. The van der Waals surface area contributed by atoms with Gasteiger partial charge in [-0.25, -0.2) is 0 Å². The summed E-state index contributed by atoms with van der Waals surface area (Å²) in [6, 6.07) is 0.469. The van der Waals surface area contributed by atoms with E-state index in [0.717, 1.165) is 0 Å². The molecule has 0 saturated heterocycles. The average Bonchev–Trinajstić information content (AvgIpc) is 2.39. The van der Waals surface area contributed by atoms with Gasteiger partial charge in [-0.05, 0) is 25.0 Å². The maximum Gasteiger partial charge on any atom is 0.225 e. The van der Waals surface area contributed by atoms with Gasteiger partial charge in [0.05, 0.1) is 0 Å². The van der Waals surface area contributed by atoms with Crippen molar-refractivity contribution in [3.63, 3.8) is 0 Å². The number of hydrogen-bond acceptors (Lipinski definition) is 3. The molecule has 1 atom stereocenters. The summed E-state index contributed by atoms with van der Waals surface area (Å²) >= 11 is 0. The fourth-order valence-corrected chi connectivity index (χ4v) is 1.80. The van der Waals surface area contributed by atoms with Gasteiger partial charge in [0.1, 0.15) is 0 Å². The van der Waals surface area contributed by atoms with Gasteiger partial charge in [0.15, 0.2) is 0 Å². The minimum atomic E-state index is -0.437. The monoisotopic (exact) mass is 265 g/mol. The summed E-state index contributed by atoms with van der Waals surface area (Å²) in [6.07, 6.45) is 14.7. The predicted molar refractivity (Wildman–Crippen MR) is 79.9 cm³/mol. The second-order valence-corrected chi connectivity index (χ2v) is 4.84. The number of unbranched alkanes of at least 4 members (excludes halogenated alkanes) is 3. The summed E-state index contributed by atoms with van der Waals surface area (Å²) in [5, 5.41) is 0. The van der Waals surface area contributed by atoms with Crippen LogP contribution in [0.5, 0.6) is 0 Å². The smallest absolute Gasteiger partial charge is 0.225 e. The Morgan fingerprint density at radius 1 is 0.895 bits per heavy atom. The second kappa shape index (κ2) is 11.8. The largest absolute Gasteiger partial charge is 0.328 e. The molecule has 108 valence electrons. The number of carbonyl (C=O) groups is 2. The Morgan fingerprint density at radius 2 is 1.47 bits per heavy atom. The third kappa shape index (κ3) is 10.4. The van der Waals surface area contributed by atoms with Crippen LogP contribution in [0.2, 0.25) is 0 Å². The van der Waals surface area contributed by atoms with Gasteiger partial charge < -0.3 is 5.73 Å². The van der Waals surface area contributed by atoms with Crippen molar-refractivity contribution in [1.29, 1.82) is 0 Å². The van der Waals surface area contributed by atoms with Crippen LogP contribution in [0.3, 0.4) is 0 Å². The molecule has 0 bridgehead atoms. The van der Waals surface area contributed by atoms with Crippen LogP contribution in [-0.4, -0.2) is 17.6 Å². The van der Waals surface area contributed by atoms with Crippen molar-refractivity contribution in [3.8, 4) is 0 Å². The van der Waals surface area contributed by atoms with Crippen LogP contribution in [-0.2, 0) is 9.59 Å². The highest BCUT2D eigenvalue weighted by molar-refractivity contribution is 6.46. The number of ketones is 2. The van der Waals surface area contributed by atoms with Crippen molar-refractivity contribution in [2.24, 2.45) is 5.73 Å². The third-order valence-electron chi connectivity index (χ3n) is 2.94. The van der Waals surface area contributed by atoms with E-state index >= 15 is 0 Å². The van der Waals surface area contributed by atoms with Crippen LogP contribution in [0.4, 0.5) is 0 Å². The molecule has 1 rings (SSSR count). The van der Waals surface area contributed by atoms with Gasteiger partial charge in [-0.3, -0.25) is 9.59 Å². The van der Waals surface area contributed by atoms with Crippen LogP contribution in [0.25, 0.3) is 0 Å². The Bertz CT molecular complexity index is 297. The molecule has 1 unspecified atom stereocenters. The Morgan fingerprint density at radius 3 is 1.89 bits per heavy atom. The first-order chi connectivity index (χ1) is 9.11. The minimum Gasteiger partial charge on any atom is -0.328 e. The molecule has 0 saturated carbocycles. The molecule has 1 aliphatic carbocycles. The average molecular weight is 265 g/mol. The summed E-state index contributed by atoms with van der Waals surface area (Å²) in [6.45, 7) is 4.44. The molecule has 0 amide bonds. The van der Waals surface area contributed by atoms with Crippen LogP contribution in [0, 0.1) is 0 Å². The maximum atomic E-state index is 10.3. The van der Waals surface area contributed by atoms with Crippen LogP contribution >= 0.6 is 0 Å². The quantitative estimate of drug-likeness (QED) is 0.436. The Balaban J connectivity index is 0.000000356. The van der Waals surface area contributed by atoms with E-state index in [9.17, 15) is 9.59 Å². The maximum absolute atomic E-state index is 10.3. The first-order valence-corrected chi connectivity index (χ1v) is 7.30. The van der Waals surface area contributed by atoms with Gasteiger partial charge in [0.2, 0.25) is 11.6 Å². The highest BCUT2D eigenvalue weighted by atomic mass is 16.2. The van der Waals surface area contributed by atoms with Gasteiger partial charge in [-0.15, -0.1) is 0 Å². The summed E-state index contributed by atoms with van der Waals surface area (Å²) in [7, 11) is 0. The summed E-state index contributed by atoms with van der Waals surface area (Å²) < 4.78 is 0. The summed E-state index contributed by atoms with van der Waals surface area (Å²) in [5.41, 5.74) is 5.87. The highest BCUT2D eigenvalue weighted by Gasteiger charge is 2.06. The Labute approximate surface area is 116 Å². The van der Waals surface area contributed by atoms with Gasteiger partial charge in [0, 0.05) is 6.04 Å². The van der Waals surface area contributed by atoms with E-state index in [1.54, 1.807) is 12.2 Å². The zero-order chi connectivity index (χ0) is 14.5. The molecule has 3 nitrogen and oxygen atoms in total. The molecular formula is C16H27NO2. The lowest BCUT2D eigenvalue weighted by Gasteiger charge is -2.08. The van der Waals surface area contributed by atoms with Crippen molar-refractivity contribution in [1.82, 2.24) is 0 Å². The molecule has 19 heavy (non-hydrogen) atoms. The Hall–Kier alpha value is -1.22. The van der Waals surface area contributed by atoms with Crippen molar-refractivity contribution >= 4 is 11.6 Å². The van der Waals surface area contributed by atoms with Gasteiger partial charge >= 0.3 is 0 Å². The lowest BCUT2D eigenvalue weighted by atomic mass is 10.0. The molecule has 0 aromatic rings. The van der Waals surface area contributed by atoms with Crippen LogP contribution in [0.15, 0.2) is 24.3 Å². The number of hydrogen-bond donors (Lipinski definition) is 1. The van der Waals surface area contributed by atoms with E-state index in [0.29, 0.717) is 6.04 Å². The number of nitrogens with two attached hydrogens (primary N) is 1. The molecule has 1 aliphatic rings. The lowest BCUT2D eigenvalue weighted by Crippen LogP contribution is -2.18. The third-order valence-corrected chi connectivity index (χ3v) is 2.94. The van der Waals surface area contributed by atoms with Crippen LogP contribution < -0.4 is 5.73 Å². The first kappa shape index (κ1) is 17.8. The van der Waals surface area contributed by atoms with E-state index < -0.39 is 11.6 Å². The van der Waals surface area contributed by atoms with E-state index in [1.807, 2.05) is 0 Å². The number of rotatable bonds is 7. The van der Waals surface area contributed by atoms with Crippen LogP contribution in [0.1, 0.15) is 58.8 Å². The summed E-state index contributed by atoms with van der Waals surface area (Å²) in [4.78, 5) is 20.6. The zero-order valence-electron chi connectivity index (χ0n) is 12.2. The normalized spacial score (nSPS) is 15.1. The number of carbonyl (C=O) groups excluding carboxylic acids is 2. The molecule has 0 radical (unpaired) electrons. The zero-order valence-corrected chi connectivity index (χ0v) is 12.2. The second-order valence-electron chi connectivity index (χ2n) is 4.84. The van der Waals surface area contributed by atoms with E-state index in [-0.39, 0.29) is 0 Å². The van der Waals surface area contributed by atoms with Gasteiger partial charge in [-0.1, -0.05) is 58.1 Å². The van der Waals surface area contributed by atoms with E-state index in [1.165, 1.54) is 57.1 Å². The molecular weight excluding hydrogens is 238 g/mol. The standard InChI is InChI=1S/C10H23N.C6H4O2/c1-3-5-6-7-9-10(11)8-4-2;7-5-3-1-2-4-6(5)8/h10H,3-9,11H2,1-2H3;1-4H. The molecule has 3 heteroatoms. The molecule has 0 fully saturated rings. The minimum absolute atomic E-state index is 0.437. The van der Waals surface area contributed by atoms with Crippen molar-refractivity contribution in [2.45, 2.75) is 64.8 Å². The lowest BCUT2D eigenvalue weighted by molar-refractivity contribution is -0.131. The molecule has 2 N–H and O–H groups in total. The molecule has 0 aliphatic heterocycles. The molecule has 0 aromatic carbocycles. The van der Waals surface area contributed by atoms with E-state index in [2.05, 4.69) is 13.8 Å². The van der Waals surface area contributed by atoms with Crippen molar-refractivity contribution in [3.05, 3.63) is 24.3 Å². The van der Waals surface area contributed by atoms with Crippen molar-refractivity contribution in [2.75, 3.05) is 0 Å². The number of allylic oxidation sites excluding steroid dienone is 4. The molecule has 0 spiro atoms.